The van der Waals surface area contributed by atoms with Gasteiger partial charge in [-0.3, -0.25) is 14.5 Å². The minimum absolute atomic E-state index is 0.00173. The van der Waals surface area contributed by atoms with Gasteiger partial charge in [-0.05, 0) is 28.8 Å². The SMILES string of the molecule is COc1ccc(CNc2nc3c(s2)C(=O)N(Cc2ccccc2)CC(=O)N3Cc2ccccc2)cc1. The molecule has 1 aromatic heterocycles. The lowest BCUT2D eigenvalue weighted by atomic mass is 10.2. The van der Waals surface area contributed by atoms with E-state index in [2.05, 4.69) is 5.32 Å². The molecule has 0 saturated carbocycles. The Balaban J connectivity index is 1.44. The van der Waals surface area contributed by atoms with Gasteiger partial charge in [0.2, 0.25) is 5.91 Å². The molecule has 0 saturated heterocycles. The number of anilines is 2. The first kappa shape index (κ1) is 23.6. The predicted molar refractivity (Wildman–Crippen MR) is 141 cm³/mol. The summed E-state index contributed by atoms with van der Waals surface area (Å²) < 4.78 is 5.22. The third kappa shape index (κ3) is 5.23. The second kappa shape index (κ2) is 10.6. The molecule has 0 bridgehead atoms. The molecule has 3 aromatic carbocycles. The van der Waals surface area contributed by atoms with E-state index in [4.69, 9.17) is 9.72 Å². The summed E-state index contributed by atoms with van der Waals surface area (Å²) in [5.41, 5.74) is 3.00. The molecular weight excluding hydrogens is 472 g/mol. The lowest BCUT2D eigenvalue weighted by Crippen LogP contribution is -2.39. The molecule has 0 unspecified atom stereocenters. The van der Waals surface area contributed by atoms with Crippen molar-refractivity contribution in [2.75, 3.05) is 23.9 Å². The van der Waals surface area contributed by atoms with Crippen LogP contribution in [0.4, 0.5) is 10.9 Å². The number of methoxy groups -OCH3 is 1. The van der Waals surface area contributed by atoms with Crippen molar-refractivity contribution in [3.05, 3.63) is 106 Å². The van der Waals surface area contributed by atoms with E-state index in [0.29, 0.717) is 35.5 Å². The maximum Gasteiger partial charge on any atom is 0.268 e. The van der Waals surface area contributed by atoms with Crippen molar-refractivity contribution in [2.24, 2.45) is 0 Å². The van der Waals surface area contributed by atoms with Crippen molar-refractivity contribution in [3.8, 4) is 5.75 Å². The fraction of sp³-hybridized carbons (Fsp3) is 0.179. The standard InChI is InChI=1S/C28H26N4O3S/c1-35-23-14-12-20(13-15-23)16-29-28-30-26-25(36-28)27(34)31(17-21-8-4-2-5-9-21)19-24(33)32(26)18-22-10-6-3-7-11-22/h2-15H,16-19H2,1H3,(H,29,30). The van der Waals surface area contributed by atoms with Gasteiger partial charge < -0.3 is 15.0 Å². The fourth-order valence-electron chi connectivity index (χ4n) is 4.07. The zero-order valence-electron chi connectivity index (χ0n) is 19.9. The molecule has 1 aliphatic rings. The number of nitrogens with zero attached hydrogens (tertiary/aromatic N) is 3. The first-order valence-electron chi connectivity index (χ1n) is 11.7. The van der Waals surface area contributed by atoms with Crippen molar-refractivity contribution in [1.29, 1.82) is 0 Å². The highest BCUT2D eigenvalue weighted by atomic mass is 32.1. The number of hydrogen-bond donors (Lipinski definition) is 1. The van der Waals surface area contributed by atoms with E-state index in [1.165, 1.54) is 11.3 Å². The highest BCUT2D eigenvalue weighted by molar-refractivity contribution is 7.18. The average Bonchev–Trinajstić information content (AvgIpc) is 3.32. The Kier molecular flexibility index (Phi) is 6.95. The summed E-state index contributed by atoms with van der Waals surface area (Å²) in [6, 6.07) is 27.2. The molecule has 5 rings (SSSR count). The first-order chi connectivity index (χ1) is 17.6. The third-order valence-electron chi connectivity index (χ3n) is 5.98. The maximum atomic E-state index is 13.6. The van der Waals surface area contributed by atoms with Crippen LogP contribution >= 0.6 is 11.3 Å². The van der Waals surface area contributed by atoms with Crippen molar-refractivity contribution in [3.63, 3.8) is 0 Å². The molecule has 0 spiro atoms. The van der Waals surface area contributed by atoms with Gasteiger partial charge in [0.25, 0.3) is 5.91 Å². The molecule has 0 radical (unpaired) electrons. The molecule has 1 N–H and O–H groups in total. The number of nitrogens with one attached hydrogen (secondary N) is 1. The largest absolute Gasteiger partial charge is 0.497 e. The summed E-state index contributed by atoms with van der Waals surface area (Å²) >= 11 is 1.28. The van der Waals surface area contributed by atoms with Crippen molar-refractivity contribution in [1.82, 2.24) is 9.88 Å². The zero-order valence-corrected chi connectivity index (χ0v) is 20.7. The average molecular weight is 499 g/mol. The van der Waals surface area contributed by atoms with E-state index < -0.39 is 0 Å². The van der Waals surface area contributed by atoms with Crippen LogP contribution in [-0.2, 0) is 24.4 Å². The molecule has 8 heteroatoms. The number of rotatable bonds is 8. The topological polar surface area (TPSA) is 74.8 Å². The Morgan fingerprint density at radius 3 is 2.14 bits per heavy atom. The van der Waals surface area contributed by atoms with Crippen molar-refractivity contribution >= 4 is 34.1 Å². The lowest BCUT2D eigenvalue weighted by molar-refractivity contribution is -0.119. The molecule has 2 amide bonds. The normalized spacial score (nSPS) is 13.4. The van der Waals surface area contributed by atoms with Crippen LogP contribution in [0.15, 0.2) is 84.9 Å². The van der Waals surface area contributed by atoms with Gasteiger partial charge in [0.15, 0.2) is 10.9 Å². The highest BCUT2D eigenvalue weighted by Gasteiger charge is 2.35. The maximum absolute atomic E-state index is 13.6. The minimum Gasteiger partial charge on any atom is -0.497 e. The van der Waals surface area contributed by atoms with Crippen molar-refractivity contribution in [2.45, 2.75) is 19.6 Å². The van der Waals surface area contributed by atoms with Crippen LogP contribution in [-0.4, -0.2) is 35.4 Å². The van der Waals surface area contributed by atoms with E-state index in [0.717, 1.165) is 22.4 Å². The Morgan fingerprint density at radius 2 is 1.50 bits per heavy atom. The molecular formula is C28H26N4O3S. The van der Waals surface area contributed by atoms with Crippen LogP contribution in [0.1, 0.15) is 26.4 Å². The molecule has 0 aliphatic carbocycles. The number of carbonyl (C=O) groups is 2. The number of ether oxygens (including phenoxy) is 1. The second-order valence-corrected chi connectivity index (χ2v) is 9.48. The Morgan fingerprint density at radius 1 is 0.861 bits per heavy atom. The summed E-state index contributed by atoms with van der Waals surface area (Å²) in [4.78, 5) is 35.5. The highest BCUT2D eigenvalue weighted by Crippen LogP contribution is 2.35. The fourth-order valence-corrected chi connectivity index (χ4v) is 5.01. The Labute approximate surface area is 214 Å². The number of fused-ring (bicyclic) bond motifs is 1. The monoisotopic (exact) mass is 498 g/mol. The molecule has 36 heavy (non-hydrogen) atoms. The van der Waals surface area contributed by atoms with Crippen LogP contribution < -0.4 is 15.0 Å². The Hall–Kier alpha value is -4.17. The van der Waals surface area contributed by atoms with Crippen LogP contribution in [0, 0.1) is 0 Å². The Bertz CT molecular complexity index is 1340. The molecule has 4 aromatic rings. The van der Waals surface area contributed by atoms with Gasteiger partial charge in [-0.2, -0.15) is 0 Å². The smallest absolute Gasteiger partial charge is 0.268 e. The van der Waals surface area contributed by atoms with E-state index in [1.807, 2.05) is 84.9 Å². The molecule has 0 fully saturated rings. The predicted octanol–water partition coefficient (Wildman–Crippen LogP) is 4.95. The zero-order chi connectivity index (χ0) is 24.9. The molecule has 2 heterocycles. The quantitative estimate of drug-likeness (QED) is 0.372. The van der Waals surface area contributed by atoms with E-state index in [-0.39, 0.29) is 18.4 Å². The van der Waals surface area contributed by atoms with Crippen LogP contribution in [0.2, 0.25) is 0 Å². The number of amides is 2. The second-order valence-electron chi connectivity index (χ2n) is 8.49. The van der Waals surface area contributed by atoms with Gasteiger partial charge in [-0.1, -0.05) is 84.1 Å². The van der Waals surface area contributed by atoms with Gasteiger partial charge in [0, 0.05) is 13.1 Å². The minimum atomic E-state index is -0.187. The van der Waals surface area contributed by atoms with E-state index in [1.54, 1.807) is 16.9 Å². The third-order valence-corrected chi connectivity index (χ3v) is 6.97. The van der Waals surface area contributed by atoms with Crippen LogP contribution in [0.3, 0.4) is 0 Å². The number of carbonyl (C=O) groups excluding carboxylic acids is 2. The van der Waals surface area contributed by atoms with Gasteiger partial charge in [0.1, 0.15) is 17.2 Å². The number of benzene rings is 3. The molecule has 1 aliphatic heterocycles. The molecule has 182 valence electrons. The van der Waals surface area contributed by atoms with Gasteiger partial charge >= 0.3 is 0 Å². The number of hydrogen-bond acceptors (Lipinski definition) is 6. The van der Waals surface area contributed by atoms with Crippen LogP contribution in [0.5, 0.6) is 5.75 Å². The number of thiazole rings is 1. The van der Waals surface area contributed by atoms with Crippen LogP contribution in [0.25, 0.3) is 0 Å². The number of aromatic nitrogens is 1. The summed E-state index contributed by atoms with van der Waals surface area (Å²) in [6.07, 6.45) is 0. The van der Waals surface area contributed by atoms with E-state index >= 15 is 0 Å². The summed E-state index contributed by atoms with van der Waals surface area (Å²) in [5.74, 6) is 0.854. The first-order valence-corrected chi connectivity index (χ1v) is 12.5. The molecule has 7 nitrogen and oxygen atoms in total. The summed E-state index contributed by atoms with van der Waals surface area (Å²) in [7, 11) is 1.64. The lowest BCUT2D eigenvalue weighted by Gasteiger charge is -2.22. The van der Waals surface area contributed by atoms with Gasteiger partial charge in [-0.15, -0.1) is 0 Å². The molecule has 0 atom stereocenters. The van der Waals surface area contributed by atoms with Gasteiger partial charge in [0.05, 0.1) is 13.7 Å². The summed E-state index contributed by atoms with van der Waals surface area (Å²) in [5, 5.41) is 3.91. The van der Waals surface area contributed by atoms with Gasteiger partial charge in [-0.25, -0.2) is 4.98 Å². The summed E-state index contributed by atoms with van der Waals surface area (Å²) in [6.45, 7) is 1.24. The van der Waals surface area contributed by atoms with E-state index in [9.17, 15) is 9.59 Å². The van der Waals surface area contributed by atoms with Crippen molar-refractivity contribution < 1.29 is 14.3 Å².